The van der Waals surface area contributed by atoms with Crippen molar-refractivity contribution < 1.29 is 9.59 Å². The lowest BCUT2D eigenvalue weighted by Gasteiger charge is -2.18. The molecule has 2 N–H and O–H groups in total. The molecule has 4 rings (SSSR count). The first kappa shape index (κ1) is 24.9. The third-order valence-corrected chi connectivity index (χ3v) is 6.99. The average molecular weight is 521 g/mol. The van der Waals surface area contributed by atoms with Gasteiger partial charge in [-0.25, -0.2) is 0 Å². The van der Waals surface area contributed by atoms with Crippen molar-refractivity contribution in [2.75, 3.05) is 10.6 Å². The zero-order chi connectivity index (χ0) is 24.6. The molecular formula is C28H22Cl2N2O2S. The van der Waals surface area contributed by atoms with Crippen LogP contribution in [0.1, 0.15) is 16.4 Å². The lowest BCUT2D eigenvalue weighted by atomic mass is 10.1. The second kappa shape index (κ2) is 11.9. The van der Waals surface area contributed by atoms with Gasteiger partial charge >= 0.3 is 0 Å². The van der Waals surface area contributed by atoms with Crippen LogP contribution in [-0.2, 0) is 16.0 Å². The fraction of sp³-hybridized carbons (Fsp3) is 0.0714. The van der Waals surface area contributed by atoms with E-state index in [1.54, 1.807) is 24.3 Å². The van der Waals surface area contributed by atoms with Gasteiger partial charge in [0.15, 0.2) is 0 Å². The summed E-state index contributed by atoms with van der Waals surface area (Å²) in [5.41, 5.74) is 3.02. The van der Waals surface area contributed by atoms with Gasteiger partial charge in [-0.1, -0.05) is 77.8 Å². The van der Waals surface area contributed by atoms with Gasteiger partial charge in [0.2, 0.25) is 11.8 Å². The number of anilines is 2. The first-order valence-corrected chi connectivity index (χ1v) is 12.5. The van der Waals surface area contributed by atoms with E-state index >= 15 is 0 Å². The Labute approximate surface area is 218 Å². The van der Waals surface area contributed by atoms with Gasteiger partial charge in [-0.3, -0.25) is 9.59 Å². The van der Waals surface area contributed by atoms with Gasteiger partial charge in [0.05, 0.1) is 17.1 Å². The van der Waals surface area contributed by atoms with Gasteiger partial charge in [-0.15, -0.1) is 11.8 Å². The Morgan fingerprint density at radius 1 is 0.743 bits per heavy atom. The molecule has 0 aliphatic carbocycles. The number of halogens is 2. The molecule has 0 radical (unpaired) electrons. The molecule has 0 aliphatic rings. The molecule has 0 aliphatic heterocycles. The number of hydrogen-bond acceptors (Lipinski definition) is 3. The van der Waals surface area contributed by atoms with Crippen LogP contribution in [0.2, 0.25) is 10.0 Å². The topological polar surface area (TPSA) is 58.2 Å². The third-order valence-electron chi connectivity index (χ3n) is 5.14. The summed E-state index contributed by atoms with van der Waals surface area (Å²) in [6.45, 7) is 0. The predicted molar refractivity (Wildman–Crippen MR) is 145 cm³/mol. The second-order valence-corrected chi connectivity index (χ2v) is 9.78. The van der Waals surface area contributed by atoms with Crippen molar-refractivity contribution in [1.82, 2.24) is 0 Å². The predicted octanol–water partition coefficient (Wildman–Crippen LogP) is 7.65. The summed E-state index contributed by atoms with van der Waals surface area (Å²) in [6.07, 6.45) is 0.256. The summed E-state index contributed by atoms with van der Waals surface area (Å²) < 4.78 is 0. The molecule has 4 nitrogen and oxygen atoms in total. The van der Waals surface area contributed by atoms with Crippen LogP contribution in [0, 0.1) is 0 Å². The number of benzene rings is 4. The highest BCUT2D eigenvalue weighted by atomic mass is 35.5. The molecule has 176 valence electrons. The monoisotopic (exact) mass is 520 g/mol. The van der Waals surface area contributed by atoms with Crippen LogP contribution >= 0.6 is 35.0 Å². The van der Waals surface area contributed by atoms with E-state index in [0.29, 0.717) is 21.4 Å². The van der Waals surface area contributed by atoms with Crippen LogP contribution in [0.5, 0.6) is 0 Å². The van der Waals surface area contributed by atoms with E-state index in [1.807, 2.05) is 78.9 Å². The number of carbonyl (C=O) groups excluding carboxylic acids is 2. The molecule has 0 saturated heterocycles. The van der Waals surface area contributed by atoms with E-state index in [4.69, 9.17) is 23.2 Å². The van der Waals surface area contributed by atoms with E-state index in [2.05, 4.69) is 10.6 Å². The summed E-state index contributed by atoms with van der Waals surface area (Å²) in [6, 6.07) is 31.4. The Morgan fingerprint density at radius 3 is 2.09 bits per heavy atom. The Kier molecular flexibility index (Phi) is 8.48. The average Bonchev–Trinajstić information content (AvgIpc) is 2.87. The number of thioether (sulfide) groups is 1. The quantitative estimate of drug-likeness (QED) is 0.234. The lowest BCUT2D eigenvalue weighted by molar-refractivity contribution is -0.116. The molecule has 35 heavy (non-hydrogen) atoms. The number of carbonyl (C=O) groups is 2. The fourth-order valence-electron chi connectivity index (χ4n) is 3.41. The zero-order valence-corrected chi connectivity index (χ0v) is 20.9. The molecule has 0 saturated carbocycles. The maximum Gasteiger partial charge on any atom is 0.242 e. The summed E-state index contributed by atoms with van der Waals surface area (Å²) in [4.78, 5) is 26.5. The Morgan fingerprint density at radius 2 is 1.40 bits per heavy atom. The SMILES string of the molecule is O=C(Cc1ccc(Cl)cc1)Nc1ccc(SC(C(=O)Nc2ccccc2Cl)c2ccccc2)cc1. The van der Waals surface area contributed by atoms with Gasteiger partial charge in [0, 0.05) is 15.6 Å². The molecule has 0 spiro atoms. The van der Waals surface area contributed by atoms with Crippen LogP contribution in [0.4, 0.5) is 11.4 Å². The normalized spacial score (nSPS) is 11.5. The highest BCUT2D eigenvalue weighted by Crippen LogP contribution is 2.37. The van der Waals surface area contributed by atoms with Crippen molar-refractivity contribution in [2.24, 2.45) is 0 Å². The van der Waals surface area contributed by atoms with E-state index in [1.165, 1.54) is 11.8 Å². The lowest BCUT2D eigenvalue weighted by Crippen LogP contribution is -2.19. The molecule has 1 atom stereocenters. The molecular weight excluding hydrogens is 499 g/mol. The van der Waals surface area contributed by atoms with Crippen molar-refractivity contribution in [3.05, 3.63) is 124 Å². The molecule has 2 amide bonds. The molecule has 0 bridgehead atoms. The number of nitrogens with one attached hydrogen (secondary N) is 2. The highest BCUT2D eigenvalue weighted by Gasteiger charge is 2.23. The summed E-state index contributed by atoms with van der Waals surface area (Å²) in [5.74, 6) is -0.288. The summed E-state index contributed by atoms with van der Waals surface area (Å²) in [7, 11) is 0. The first-order chi connectivity index (χ1) is 17.0. The van der Waals surface area contributed by atoms with Gasteiger partial charge in [0.25, 0.3) is 0 Å². The van der Waals surface area contributed by atoms with Crippen molar-refractivity contribution in [3.63, 3.8) is 0 Å². The fourth-order valence-corrected chi connectivity index (χ4v) is 4.74. The van der Waals surface area contributed by atoms with Crippen LogP contribution in [0.15, 0.2) is 108 Å². The number of hydrogen-bond donors (Lipinski definition) is 2. The largest absolute Gasteiger partial charge is 0.326 e. The summed E-state index contributed by atoms with van der Waals surface area (Å²) >= 11 is 13.6. The van der Waals surface area contributed by atoms with Gasteiger partial charge in [0.1, 0.15) is 5.25 Å². The van der Waals surface area contributed by atoms with Crippen molar-refractivity contribution in [3.8, 4) is 0 Å². The molecule has 0 aromatic heterocycles. The molecule has 0 heterocycles. The smallest absolute Gasteiger partial charge is 0.242 e. The van der Waals surface area contributed by atoms with Gasteiger partial charge in [-0.05, 0) is 59.7 Å². The van der Waals surface area contributed by atoms with Crippen molar-refractivity contribution in [1.29, 1.82) is 0 Å². The van der Waals surface area contributed by atoms with Crippen molar-refractivity contribution in [2.45, 2.75) is 16.6 Å². The van der Waals surface area contributed by atoms with Gasteiger partial charge in [-0.2, -0.15) is 0 Å². The zero-order valence-electron chi connectivity index (χ0n) is 18.6. The van der Waals surface area contributed by atoms with Crippen LogP contribution in [0.3, 0.4) is 0 Å². The van der Waals surface area contributed by atoms with E-state index < -0.39 is 5.25 Å². The standard InChI is InChI=1S/C28H22Cl2N2O2S/c29-21-12-10-19(11-13-21)18-26(33)31-22-14-16-23(17-15-22)35-27(20-6-2-1-3-7-20)28(34)32-25-9-5-4-8-24(25)30/h1-17,27H,18H2,(H,31,33)(H,32,34). The Bertz CT molecular complexity index is 1300. The molecule has 4 aromatic carbocycles. The molecule has 0 fully saturated rings. The van der Waals surface area contributed by atoms with Crippen molar-refractivity contribution >= 4 is 58.2 Å². The van der Waals surface area contributed by atoms with E-state index in [9.17, 15) is 9.59 Å². The van der Waals surface area contributed by atoms with Crippen LogP contribution < -0.4 is 10.6 Å². The van der Waals surface area contributed by atoms with Crippen LogP contribution in [-0.4, -0.2) is 11.8 Å². The third kappa shape index (κ3) is 7.12. The van der Waals surface area contributed by atoms with E-state index in [-0.39, 0.29) is 18.2 Å². The number of para-hydroxylation sites is 1. The number of amides is 2. The summed E-state index contributed by atoms with van der Waals surface area (Å²) in [5, 5.41) is 6.47. The second-order valence-electron chi connectivity index (χ2n) is 7.75. The minimum atomic E-state index is -0.488. The van der Waals surface area contributed by atoms with E-state index in [0.717, 1.165) is 16.0 Å². The maximum atomic E-state index is 13.2. The molecule has 4 aromatic rings. The molecule has 7 heteroatoms. The minimum absolute atomic E-state index is 0.117. The van der Waals surface area contributed by atoms with Gasteiger partial charge < -0.3 is 10.6 Å². The van der Waals surface area contributed by atoms with Crippen LogP contribution in [0.25, 0.3) is 0 Å². The maximum absolute atomic E-state index is 13.2. The highest BCUT2D eigenvalue weighted by molar-refractivity contribution is 8.00. The minimum Gasteiger partial charge on any atom is -0.326 e. The molecule has 1 unspecified atom stereocenters. The first-order valence-electron chi connectivity index (χ1n) is 10.9. The number of rotatable bonds is 8. The Balaban J connectivity index is 1.44. The Hall–Kier alpha value is -3.25.